The summed E-state index contributed by atoms with van der Waals surface area (Å²) in [5.74, 6) is 0.764. The molecule has 1 N–H and O–H groups in total. The third-order valence-corrected chi connectivity index (χ3v) is 2.65. The molecule has 0 aromatic heterocycles. The minimum absolute atomic E-state index is 0.623. The van der Waals surface area contributed by atoms with Gasteiger partial charge in [-0.15, -0.1) is 0 Å². The van der Waals surface area contributed by atoms with Crippen molar-refractivity contribution in [3.63, 3.8) is 0 Å². The summed E-state index contributed by atoms with van der Waals surface area (Å²) in [6.45, 7) is 10.3. The molecule has 2 nitrogen and oxygen atoms in total. The Morgan fingerprint density at radius 3 is 2.33 bits per heavy atom. The first kappa shape index (κ1) is 10.0. The zero-order valence-corrected chi connectivity index (χ0v) is 8.80. The van der Waals surface area contributed by atoms with Crippen LogP contribution in [0.4, 0.5) is 0 Å². The fourth-order valence-electron chi connectivity index (χ4n) is 2.00. The lowest BCUT2D eigenvalue weighted by Crippen LogP contribution is -2.55. The van der Waals surface area contributed by atoms with Gasteiger partial charge in [-0.25, -0.2) is 5.01 Å². The summed E-state index contributed by atoms with van der Waals surface area (Å²) in [5, 5.41) is 2.42. The molecule has 1 saturated heterocycles. The van der Waals surface area contributed by atoms with Gasteiger partial charge in [0.05, 0.1) is 0 Å². The van der Waals surface area contributed by atoms with Crippen LogP contribution in [0.1, 0.15) is 40.5 Å². The number of nitrogens with one attached hydrogen (secondary N) is 1. The van der Waals surface area contributed by atoms with Crippen LogP contribution in [0.25, 0.3) is 0 Å². The van der Waals surface area contributed by atoms with E-state index in [1.807, 2.05) is 0 Å². The second kappa shape index (κ2) is 4.24. The van der Waals surface area contributed by atoms with Crippen molar-refractivity contribution < 1.29 is 0 Å². The Labute approximate surface area is 76.3 Å². The first-order valence-electron chi connectivity index (χ1n) is 5.14. The summed E-state index contributed by atoms with van der Waals surface area (Å²) in [6.07, 6.45) is 2.68. The van der Waals surface area contributed by atoms with E-state index in [0.29, 0.717) is 6.04 Å². The Kier molecular flexibility index (Phi) is 3.53. The number of hydrazine groups is 1. The normalized spacial score (nSPS) is 27.0. The summed E-state index contributed by atoms with van der Waals surface area (Å²) in [6, 6.07) is 1.36. The maximum absolute atomic E-state index is 3.48. The molecule has 0 spiro atoms. The Bertz CT molecular complexity index is 116. The van der Waals surface area contributed by atoms with E-state index in [2.05, 4.69) is 38.1 Å². The Hall–Kier alpha value is -0.0800. The van der Waals surface area contributed by atoms with Gasteiger partial charge >= 0.3 is 0 Å². The summed E-state index contributed by atoms with van der Waals surface area (Å²) in [7, 11) is 0. The number of hydrogen-bond acceptors (Lipinski definition) is 2. The van der Waals surface area contributed by atoms with Crippen LogP contribution in [0.2, 0.25) is 0 Å². The molecule has 0 bridgehead atoms. The molecule has 1 heterocycles. The SMILES string of the molecule is CC(C)C1CCCNN1C(C)C. The Morgan fingerprint density at radius 1 is 1.25 bits per heavy atom. The van der Waals surface area contributed by atoms with Crippen LogP contribution in [0.3, 0.4) is 0 Å². The predicted molar refractivity (Wildman–Crippen MR) is 52.8 cm³/mol. The van der Waals surface area contributed by atoms with Crippen molar-refractivity contribution >= 4 is 0 Å². The lowest BCUT2D eigenvalue weighted by atomic mass is 9.96. The lowest BCUT2D eigenvalue weighted by Gasteiger charge is -2.41. The first-order valence-corrected chi connectivity index (χ1v) is 5.14. The smallest absolute Gasteiger partial charge is 0.0269 e. The highest BCUT2D eigenvalue weighted by molar-refractivity contribution is 4.78. The molecular weight excluding hydrogens is 148 g/mol. The van der Waals surface area contributed by atoms with E-state index in [1.165, 1.54) is 12.8 Å². The van der Waals surface area contributed by atoms with Gasteiger partial charge in [0.15, 0.2) is 0 Å². The zero-order chi connectivity index (χ0) is 9.14. The topological polar surface area (TPSA) is 15.3 Å². The van der Waals surface area contributed by atoms with Crippen molar-refractivity contribution in [2.24, 2.45) is 5.92 Å². The summed E-state index contributed by atoms with van der Waals surface area (Å²) in [4.78, 5) is 0. The molecule has 0 aromatic rings. The molecule has 12 heavy (non-hydrogen) atoms. The molecule has 2 heteroatoms. The molecule has 0 amide bonds. The molecule has 1 unspecified atom stereocenters. The van der Waals surface area contributed by atoms with Gasteiger partial charge in [0.2, 0.25) is 0 Å². The first-order chi connectivity index (χ1) is 5.63. The number of hydrogen-bond donors (Lipinski definition) is 1. The van der Waals surface area contributed by atoms with Gasteiger partial charge in [-0.3, -0.25) is 5.43 Å². The predicted octanol–water partition coefficient (Wildman–Crippen LogP) is 2.02. The maximum atomic E-state index is 3.48. The number of rotatable bonds is 2. The van der Waals surface area contributed by atoms with E-state index in [4.69, 9.17) is 0 Å². The van der Waals surface area contributed by atoms with Crippen LogP contribution >= 0.6 is 0 Å². The highest BCUT2D eigenvalue weighted by atomic mass is 15.5. The van der Waals surface area contributed by atoms with Crippen molar-refractivity contribution in [2.75, 3.05) is 6.54 Å². The minimum atomic E-state index is 0.623. The third-order valence-electron chi connectivity index (χ3n) is 2.65. The molecule has 1 fully saturated rings. The van der Waals surface area contributed by atoms with Crippen LogP contribution in [-0.4, -0.2) is 23.6 Å². The van der Waals surface area contributed by atoms with E-state index in [0.717, 1.165) is 18.5 Å². The van der Waals surface area contributed by atoms with Gasteiger partial charge in [-0.05, 0) is 32.6 Å². The standard InChI is InChI=1S/C10H22N2/c1-8(2)10-6-5-7-11-12(10)9(3)4/h8-11H,5-7H2,1-4H3. The van der Waals surface area contributed by atoms with Crippen molar-refractivity contribution in [1.82, 2.24) is 10.4 Å². The van der Waals surface area contributed by atoms with Crippen molar-refractivity contribution in [3.8, 4) is 0 Å². The summed E-state index contributed by atoms with van der Waals surface area (Å²) in [5.41, 5.74) is 3.48. The second-order valence-electron chi connectivity index (χ2n) is 4.36. The third kappa shape index (κ3) is 2.20. The molecule has 1 aliphatic rings. The van der Waals surface area contributed by atoms with E-state index in [-0.39, 0.29) is 0 Å². The van der Waals surface area contributed by atoms with Gasteiger partial charge in [0.25, 0.3) is 0 Å². The average molecular weight is 170 g/mol. The molecule has 0 saturated carbocycles. The lowest BCUT2D eigenvalue weighted by molar-refractivity contribution is 0.0264. The molecule has 1 aliphatic heterocycles. The van der Waals surface area contributed by atoms with E-state index in [1.54, 1.807) is 0 Å². The highest BCUT2D eigenvalue weighted by Crippen LogP contribution is 2.19. The maximum Gasteiger partial charge on any atom is 0.0269 e. The highest BCUT2D eigenvalue weighted by Gasteiger charge is 2.26. The van der Waals surface area contributed by atoms with Gasteiger partial charge < -0.3 is 0 Å². The van der Waals surface area contributed by atoms with Crippen molar-refractivity contribution in [1.29, 1.82) is 0 Å². The summed E-state index contributed by atoms with van der Waals surface area (Å²) < 4.78 is 0. The minimum Gasteiger partial charge on any atom is -0.255 e. The van der Waals surface area contributed by atoms with Gasteiger partial charge in [-0.2, -0.15) is 0 Å². The van der Waals surface area contributed by atoms with Gasteiger partial charge in [0, 0.05) is 18.6 Å². The molecule has 0 radical (unpaired) electrons. The van der Waals surface area contributed by atoms with E-state index >= 15 is 0 Å². The zero-order valence-electron chi connectivity index (χ0n) is 8.80. The molecule has 1 rings (SSSR count). The van der Waals surface area contributed by atoms with Crippen LogP contribution < -0.4 is 5.43 Å². The van der Waals surface area contributed by atoms with E-state index in [9.17, 15) is 0 Å². The van der Waals surface area contributed by atoms with Gasteiger partial charge in [0.1, 0.15) is 0 Å². The Morgan fingerprint density at radius 2 is 1.92 bits per heavy atom. The quantitative estimate of drug-likeness (QED) is 0.682. The van der Waals surface area contributed by atoms with Crippen molar-refractivity contribution in [2.45, 2.75) is 52.6 Å². The second-order valence-corrected chi connectivity index (χ2v) is 4.36. The molecule has 72 valence electrons. The van der Waals surface area contributed by atoms with Crippen LogP contribution in [0, 0.1) is 5.92 Å². The van der Waals surface area contributed by atoms with E-state index < -0.39 is 0 Å². The molecular formula is C10H22N2. The van der Waals surface area contributed by atoms with Gasteiger partial charge in [-0.1, -0.05) is 13.8 Å². The van der Waals surface area contributed by atoms with Crippen molar-refractivity contribution in [3.05, 3.63) is 0 Å². The fraction of sp³-hybridized carbons (Fsp3) is 1.00. The molecule has 0 aromatic carbocycles. The number of nitrogens with zero attached hydrogens (tertiary/aromatic N) is 1. The average Bonchev–Trinajstić information content (AvgIpc) is 2.04. The molecule has 0 aliphatic carbocycles. The monoisotopic (exact) mass is 170 g/mol. The fourth-order valence-corrected chi connectivity index (χ4v) is 2.00. The van der Waals surface area contributed by atoms with Crippen LogP contribution in [0.5, 0.6) is 0 Å². The largest absolute Gasteiger partial charge is 0.255 e. The van der Waals surface area contributed by atoms with Crippen LogP contribution in [-0.2, 0) is 0 Å². The molecule has 1 atom stereocenters. The van der Waals surface area contributed by atoms with Crippen LogP contribution in [0.15, 0.2) is 0 Å². The summed E-state index contributed by atoms with van der Waals surface area (Å²) >= 11 is 0. The Balaban J connectivity index is 2.54.